The van der Waals surface area contributed by atoms with Crippen molar-refractivity contribution in [2.45, 2.75) is 28.0 Å². The number of nitrogens with zero attached hydrogens (tertiary/aromatic N) is 2. The molecule has 4 rings (SSSR count). The molecule has 1 aliphatic heterocycles. The van der Waals surface area contributed by atoms with Crippen LogP contribution in [0.4, 0.5) is 0 Å². The van der Waals surface area contributed by atoms with E-state index in [0.29, 0.717) is 10.3 Å². The Bertz CT molecular complexity index is 1020. The molecule has 0 aliphatic carbocycles. The van der Waals surface area contributed by atoms with Crippen molar-refractivity contribution in [1.29, 1.82) is 0 Å². The quantitative estimate of drug-likeness (QED) is 0.701. The van der Waals surface area contributed by atoms with Gasteiger partial charge in [-0.2, -0.15) is 0 Å². The Hall–Kier alpha value is -1.76. The Morgan fingerprint density at radius 2 is 1.84 bits per heavy atom. The van der Waals surface area contributed by atoms with Crippen LogP contribution >= 0.6 is 11.8 Å². The maximum atomic E-state index is 13.0. The maximum absolute atomic E-state index is 13.0. The molecule has 0 N–H and O–H groups in total. The SMILES string of the molecule is CN(C)C1CCc2ccc3c(ccn3S(=O)(=O)c3ccccc3)c2S1. The number of aryl methyl sites for hydroxylation is 1. The zero-order valence-corrected chi connectivity index (χ0v) is 15.8. The minimum atomic E-state index is -3.58. The molecule has 1 unspecified atom stereocenters. The fourth-order valence-corrected chi connectivity index (χ4v) is 6.01. The normalized spacial score (nSPS) is 17.8. The van der Waals surface area contributed by atoms with Gasteiger partial charge in [0.05, 0.1) is 15.8 Å². The summed E-state index contributed by atoms with van der Waals surface area (Å²) in [5.74, 6) is 0. The van der Waals surface area contributed by atoms with Crippen LogP contribution in [-0.2, 0) is 16.4 Å². The number of thioether (sulfide) groups is 1. The molecule has 1 aliphatic rings. The zero-order chi connectivity index (χ0) is 17.6. The molecular formula is C19H20N2O2S2. The van der Waals surface area contributed by atoms with Gasteiger partial charge in [0, 0.05) is 16.5 Å². The average molecular weight is 373 g/mol. The van der Waals surface area contributed by atoms with Crippen molar-refractivity contribution in [3.63, 3.8) is 0 Å². The number of aromatic nitrogens is 1. The minimum Gasteiger partial charge on any atom is -0.297 e. The van der Waals surface area contributed by atoms with E-state index in [9.17, 15) is 8.42 Å². The molecule has 6 heteroatoms. The third-order valence-electron chi connectivity index (χ3n) is 4.66. The van der Waals surface area contributed by atoms with Crippen molar-refractivity contribution in [2.24, 2.45) is 0 Å². The molecule has 1 atom stereocenters. The number of hydrogen-bond acceptors (Lipinski definition) is 4. The van der Waals surface area contributed by atoms with Gasteiger partial charge in [0.2, 0.25) is 0 Å². The molecule has 0 spiro atoms. The van der Waals surface area contributed by atoms with E-state index in [0.717, 1.165) is 23.7 Å². The monoisotopic (exact) mass is 372 g/mol. The second-order valence-electron chi connectivity index (χ2n) is 6.49. The first-order valence-electron chi connectivity index (χ1n) is 8.25. The molecule has 0 saturated carbocycles. The van der Waals surface area contributed by atoms with Crippen LogP contribution < -0.4 is 0 Å². The highest BCUT2D eigenvalue weighted by molar-refractivity contribution is 8.00. The van der Waals surface area contributed by atoms with Gasteiger partial charge < -0.3 is 0 Å². The molecule has 25 heavy (non-hydrogen) atoms. The summed E-state index contributed by atoms with van der Waals surface area (Å²) < 4.78 is 27.4. The first-order valence-corrected chi connectivity index (χ1v) is 10.6. The lowest BCUT2D eigenvalue weighted by atomic mass is 10.1. The molecule has 0 amide bonds. The van der Waals surface area contributed by atoms with Gasteiger partial charge in [-0.3, -0.25) is 4.90 Å². The highest BCUT2D eigenvalue weighted by Gasteiger charge is 2.25. The second kappa shape index (κ2) is 6.20. The summed E-state index contributed by atoms with van der Waals surface area (Å²) in [4.78, 5) is 3.75. The van der Waals surface area contributed by atoms with Crippen molar-refractivity contribution < 1.29 is 8.42 Å². The Morgan fingerprint density at radius 1 is 1.08 bits per heavy atom. The summed E-state index contributed by atoms with van der Waals surface area (Å²) in [6.07, 6.45) is 3.81. The number of benzene rings is 2. The fourth-order valence-electron chi connectivity index (χ4n) is 3.30. The van der Waals surface area contributed by atoms with Gasteiger partial charge >= 0.3 is 0 Å². The Labute approximate surface area is 152 Å². The number of hydrogen-bond donors (Lipinski definition) is 0. The van der Waals surface area contributed by atoms with Crippen molar-refractivity contribution in [3.05, 3.63) is 60.3 Å². The van der Waals surface area contributed by atoms with Crippen LogP contribution in [0.25, 0.3) is 10.9 Å². The predicted octanol–water partition coefficient (Wildman–Crippen LogP) is 3.80. The van der Waals surface area contributed by atoms with E-state index in [1.807, 2.05) is 30.0 Å². The molecule has 3 aromatic rings. The zero-order valence-electron chi connectivity index (χ0n) is 14.2. The third-order valence-corrected chi connectivity index (χ3v) is 8.01. The van der Waals surface area contributed by atoms with Gasteiger partial charge in [-0.1, -0.05) is 24.3 Å². The molecule has 2 heterocycles. The van der Waals surface area contributed by atoms with Gasteiger partial charge in [0.1, 0.15) is 0 Å². The van der Waals surface area contributed by atoms with Crippen molar-refractivity contribution in [2.75, 3.05) is 14.1 Å². The van der Waals surface area contributed by atoms with Gasteiger partial charge in [-0.15, -0.1) is 11.8 Å². The fraction of sp³-hybridized carbons (Fsp3) is 0.263. The highest BCUT2D eigenvalue weighted by atomic mass is 32.2. The van der Waals surface area contributed by atoms with Crippen LogP contribution in [0.5, 0.6) is 0 Å². The van der Waals surface area contributed by atoms with E-state index in [1.165, 1.54) is 14.4 Å². The Kier molecular flexibility index (Phi) is 4.14. The molecule has 130 valence electrons. The van der Waals surface area contributed by atoms with Crippen LogP contribution in [0.15, 0.2) is 64.5 Å². The van der Waals surface area contributed by atoms with Gasteiger partial charge in [-0.05, 0) is 56.8 Å². The first kappa shape index (κ1) is 16.7. The Morgan fingerprint density at radius 3 is 2.56 bits per heavy atom. The van der Waals surface area contributed by atoms with Crippen LogP contribution in [0.2, 0.25) is 0 Å². The predicted molar refractivity (Wildman–Crippen MR) is 103 cm³/mol. The number of rotatable bonds is 3. The number of fused-ring (bicyclic) bond motifs is 3. The van der Waals surface area contributed by atoms with Crippen LogP contribution in [0.1, 0.15) is 12.0 Å². The molecule has 0 radical (unpaired) electrons. The molecule has 0 fully saturated rings. The van der Waals surface area contributed by atoms with Crippen molar-refractivity contribution in [1.82, 2.24) is 8.87 Å². The summed E-state index contributed by atoms with van der Waals surface area (Å²) in [5.41, 5.74) is 2.06. The van der Waals surface area contributed by atoms with E-state index in [1.54, 1.807) is 30.5 Å². The maximum Gasteiger partial charge on any atom is 0.268 e. The summed E-state index contributed by atoms with van der Waals surface area (Å²) in [6.45, 7) is 0. The lowest BCUT2D eigenvalue weighted by Gasteiger charge is -2.29. The van der Waals surface area contributed by atoms with Gasteiger partial charge in [0.15, 0.2) is 0 Å². The van der Waals surface area contributed by atoms with E-state index in [2.05, 4.69) is 25.1 Å². The smallest absolute Gasteiger partial charge is 0.268 e. The van der Waals surface area contributed by atoms with Crippen LogP contribution in [0, 0.1) is 0 Å². The molecule has 2 aromatic carbocycles. The van der Waals surface area contributed by atoms with Crippen molar-refractivity contribution in [3.8, 4) is 0 Å². The van der Waals surface area contributed by atoms with E-state index in [4.69, 9.17) is 0 Å². The Balaban J connectivity index is 1.86. The first-order chi connectivity index (χ1) is 12.0. The third kappa shape index (κ3) is 2.78. The summed E-state index contributed by atoms with van der Waals surface area (Å²) in [6, 6.07) is 14.5. The van der Waals surface area contributed by atoms with Gasteiger partial charge in [-0.25, -0.2) is 12.4 Å². The van der Waals surface area contributed by atoms with E-state index >= 15 is 0 Å². The minimum absolute atomic E-state index is 0.309. The summed E-state index contributed by atoms with van der Waals surface area (Å²) in [5, 5.41) is 1.45. The molecule has 0 bridgehead atoms. The highest BCUT2D eigenvalue weighted by Crippen LogP contribution is 2.41. The molecular weight excluding hydrogens is 352 g/mol. The van der Waals surface area contributed by atoms with Crippen LogP contribution in [0.3, 0.4) is 0 Å². The molecule has 4 nitrogen and oxygen atoms in total. The standard InChI is InChI=1S/C19H20N2O2S2/c1-20(2)18-11-9-14-8-10-17-16(19(14)24-18)12-13-21(17)25(22,23)15-6-4-3-5-7-15/h3-8,10,12-13,18H,9,11H2,1-2H3. The molecule has 1 aromatic heterocycles. The molecule has 0 saturated heterocycles. The second-order valence-corrected chi connectivity index (χ2v) is 9.49. The van der Waals surface area contributed by atoms with E-state index < -0.39 is 10.0 Å². The topological polar surface area (TPSA) is 42.3 Å². The lowest BCUT2D eigenvalue weighted by Crippen LogP contribution is -2.27. The average Bonchev–Trinajstić information content (AvgIpc) is 3.07. The van der Waals surface area contributed by atoms with Crippen molar-refractivity contribution >= 4 is 32.7 Å². The van der Waals surface area contributed by atoms with E-state index in [-0.39, 0.29) is 0 Å². The van der Waals surface area contributed by atoms with Gasteiger partial charge in [0.25, 0.3) is 10.0 Å². The van der Waals surface area contributed by atoms with Crippen LogP contribution in [-0.4, -0.2) is 36.8 Å². The largest absolute Gasteiger partial charge is 0.297 e. The lowest BCUT2D eigenvalue weighted by molar-refractivity contribution is 0.364. The summed E-state index contributed by atoms with van der Waals surface area (Å²) in [7, 11) is 0.601. The summed E-state index contributed by atoms with van der Waals surface area (Å²) >= 11 is 1.83.